The smallest absolute Gasteiger partial charge is 0.419 e. The Hall–Kier alpha value is -2.15. The minimum Gasteiger partial charge on any atom is -0.451 e. The summed E-state index contributed by atoms with van der Waals surface area (Å²) in [6.45, 7) is -0.104. The molecule has 0 radical (unpaired) electrons. The molecule has 2 N–H and O–H groups in total. The van der Waals surface area contributed by atoms with E-state index in [2.05, 4.69) is 0 Å². The van der Waals surface area contributed by atoms with Crippen molar-refractivity contribution in [3.8, 4) is 11.5 Å². The van der Waals surface area contributed by atoms with E-state index in [0.717, 1.165) is 30.3 Å². The molecule has 0 aliphatic carbocycles. The van der Waals surface area contributed by atoms with Gasteiger partial charge in [0.25, 0.3) is 0 Å². The van der Waals surface area contributed by atoms with Crippen molar-refractivity contribution in [2.45, 2.75) is 12.7 Å². The molecule has 112 valence electrons. The molecule has 0 saturated carbocycles. The lowest BCUT2D eigenvalue weighted by Crippen LogP contribution is -2.08. The molecule has 0 atom stereocenters. The van der Waals surface area contributed by atoms with E-state index in [1.54, 1.807) is 0 Å². The zero-order chi connectivity index (χ0) is 15.6. The third-order valence-corrected chi connectivity index (χ3v) is 2.70. The van der Waals surface area contributed by atoms with Gasteiger partial charge >= 0.3 is 6.18 Å². The van der Waals surface area contributed by atoms with Crippen LogP contribution in [0.15, 0.2) is 36.4 Å². The average Bonchev–Trinajstić information content (AvgIpc) is 2.42. The molecule has 21 heavy (non-hydrogen) atoms. The van der Waals surface area contributed by atoms with E-state index in [-0.39, 0.29) is 12.1 Å². The van der Waals surface area contributed by atoms with Gasteiger partial charge in [-0.1, -0.05) is 12.1 Å². The molecule has 7 heteroatoms. The van der Waals surface area contributed by atoms with Crippen LogP contribution in [0.4, 0.5) is 22.0 Å². The average molecular weight is 303 g/mol. The number of alkyl halides is 3. The van der Waals surface area contributed by atoms with Gasteiger partial charge in [0, 0.05) is 6.54 Å². The summed E-state index contributed by atoms with van der Waals surface area (Å²) in [7, 11) is 0. The summed E-state index contributed by atoms with van der Waals surface area (Å²) < 4.78 is 70.6. The van der Waals surface area contributed by atoms with E-state index in [0.29, 0.717) is 0 Å². The summed E-state index contributed by atoms with van der Waals surface area (Å²) >= 11 is 0. The molecule has 0 unspecified atom stereocenters. The Balaban J connectivity index is 2.44. The van der Waals surface area contributed by atoms with E-state index in [1.165, 1.54) is 6.07 Å². The summed E-state index contributed by atoms with van der Waals surface area (Å²) in [5.74, 6) is -3.81. The molecule has 0 aliphatic rings. The predicted molar refractivity (Wildman–Crippen MR) is 65.8 cm³/mol. The van der Waals surface area contributed by atoms with Crippen molar-refractivity contribution in [2.75, 3.05) is 0 Å². The molecule has 0 spiro atoms. The van der Waals surface area contributed by atoms with Crippen LogP contribution >= 0.6 is 0 Å². The second-order valence-corrected chi connectivity index (χ2v) is 4.19. The van der Waals surface area contributed by atoms with Gasteiger partial charge in [-0.25, -0.2) is 8.78 Å². The van der Waals surface area contributed by atoms with Crippen molar-refractivity contribution in [1.82, 2.24) is 0 Å². The molecule has 0 heterocycles. The van der Waals surface area contributed by atoms with Crippen LogP contribution < -0.4 is 10.5 Å². The third kappa shape index (κ3) is 3.30. The monoisotopic (exact) mass is 303 g/mol. The van der Waals surface area contributed by atoms with Gasteiger partial charge in [-0.05, 0) is 29.8 Å². The maximum Gasteiger partial charge on any atom is 0.419 e. The highest BCUT2D eigenvalue weighted by molar-refractivity contribution is 5.41. The fraction of sp³-hybridized carbons (Fsp3) is 0.143. The number of hydrogen-bond acceptors (Lipinski definition) is 2. The number of para-hydroxylation sites is 1. The van der Waals surface area contributed by atoms with Crippen molar-refractivity contribution >= 4 is 0 Å². The maximum absolute atomic E-state index is 13.7. The molecule has 0 aliphatic heterocycles. The van der Waals surface area contributed by atoms with Gasteiger partial charge in [0.2, 0.25) is 0 Å². The summed E-state index contributed by atoms with van der Waals surface area (Å²) in [4.78, 5) is 0. The van der Waals surface area contributed by atoms with Gasteiger partial charge in [-0.3, -0.25) is 0 Å². The highest BCUT2D eigenvalue weighted by Gasteiger charge is 2.34. The number of ether oxygens (including phenoxy) is 1. The van der Waals surface area contributed by atoms with Crippen LogP contribution in [0.5, 0.6) is 11.5 Å². The normalized spacial score (nSPS) is 11.5. The van der Waals surface area contributed by atoms with Crippen molar-refractivity contribution in [3.63, 3.8) is 0 Å². The van der Waals surface area contributed by atoms with Gasteiger partial charge < -0.3 is 10.5 Å². The molecule has 2 nitrogen and oxygen atoms in total. The largest absolute Gasteiger partial charge is 0.451 e. The Morgan fingerprint density at radius 2 is 1.57 bits per heavy atom. The first kappa shape index (κ1) is 15.2. The third-order valence-electron chi connectivity index (χ3n) is 2.70. The van der Waals surface area contributed by atoms with E-state index in [9.17, 15) is 22.0 Å². The Morgan fingerprint density at radius 3 is 2.10 bits per heavy atom. The molecule has 2 rings (SSSR count). The molecule has 0 fully saturated rings. The number of benzene rings is 2. The van der Waals surface area contributed by atoms with Crippen molar-refractivity contribution in [2.24, 2.45) is 5.73 Å². The lowest BCUT2D eigenvalue weighted by molar-refractivity contribution is -0.138. The molecule has 2 aromatic carbocycles. The minimum atomic E-state index is -4.69. The van der Waals surface area contributed by atoms with Crippen LogP contribution in [0.25, 0.3) is 0 Å². The van der Waals surface area contributed by atoms with Crippen molar-refractivity contribution < 1.29 is 26.7 Å². The number of rotatable bonds is 3. The number of nitrogens with two attached hydrogens (primary N) is 1. The lowest BCUT2D eigenvalue weighted by Gasteiger charge is -2.14. The standard InChI is InChI=1S/C14H10F5NO/c15-10-5-8(7-20)6-11(16)13(10)21-12-4-2-1-3-9(12)14(17,18)19/h1-6H,7,20H2. The summed E-state index contributed by atoms with van der Waals surface area (Å²) in [5.41, 5.74) is 4.30. The molecule has 2 aromatic rings. The van der Waals surface area contributed by atoms with Gasteiger partial charge in [0.1, 0.15) is 5.75 Å². The first-order valence-corrected chi connectivity index (χ1v) is 5.85. The SMILES string of the molecule is NCc1cc(F)c(Oc2ccccc2C(F)(F)F)c(F)c1. The highest BCUT2D eigenvalue weighted by atomic mass is 19.4. The second-order valence-electron chi connectivity index (χ2n) is 4.19. The van der Waals surface area contributed by atoms with Gasteiger partial charge in [-0.15, -0.1) is 0 Å². The predicted octanol–water partition coefficient (Wildman–Crippen LogP) is 4.23. The van der Waals surface area contributed by atoms with Crippen LogP contribution in [-0.4, -0.2) is 0 Å². The maximum atomic E-state index is 13.7. The van der Waals surface area contributed by atoms with Crippen LogP contribution in [-0.2, 0) is 12.7 Å². The van der Waals surface area contributed by atoms with Crippen molar-refractivity contribution in [1.29, 1.82) is 0 Å². The zero-order valence-electron chi connectivity index (χ0n) is 10.5. The Kier molecular flexibility index (Phi) is 4.13. The Labute approximate surface area is 116 Å². The molecule has 0 amide bonds. The van der Waals surface area contributed by atoms with Gasteiger partial charge in [-0.2, -0.15) is 13.2 Å². The second kappa shape index (κ2) is 5.69. The number of hydrogen-bond donors (Lipinski definition) is 1. The number of halogens is 5. The quantitative estimate of drug-likeness (QED) is 0.861. The Bertz CT molecular complexity index is 631. The lowest BCUT2D eigenvalue weighted by atomic mass is 10.2. The minimum absolute atomic E-state index is 0.104. The van der Waals surface area contributed by atoms with E-state index in [1.807, 2.05) is 0 Å². The van der Waals surface area contributed by atoms with Crippen LogP contribution in [0, 0.1) is 11.6 Å². The summed E-state index contributed by atoms with van der Waals surface area (Å²) in [6.07, 6.45) is -4.69. The highest BCUT2D eigenvalue weighted by Crippen LogP contribution is 2.39. The van der Waals surface area contributed by atoms with Crippen molar-refractivity contribution in [3.05, 3.63) is 59.2 Å². The first-order chi connectivity index (χ1) is 9.82. The zero-order valence-corrected chi connectivity index (χ0v) is 10.5. The Morgan fingerprint density at radius 1 is 1.00 bits per heavy atom. The topological polar surface area (TPSA) is 35.2 Å². The van der Waals surface area contributed by atoms with Crippen LogP contribution in [0.2, 0.25) is 0 Å². The molecular formula is C14H10F5NO. The van der Waals surface area contributed by atoms with E-state index >= 15 is 0 Å². The van der Waals surface area contributed by atoms with E-state index in [4.69, 9.17) is 10.5 Å². The van der Waals surface area contributed by atoms with Crippen LogP contribution in [0.1, 0.15) is 11.1 Å². The molecule has 0 saturated heterocycles. The molecule has 0 aromatic heterocycles. The van der Waals surface area contributed by atoms with Crippen LogP contribution in [0.3, 0.4) is 0 Å². The molecular weight excluding hydrogens is 293 g/mol. The molecule has 0 bridgehead atoms. The van der Waals surface area contributed by atoms with Gasteiger partial charge in [0.05, 0.1) is 5.56 Å². The summed E-state index contributed by atoms with van der Waals surface area (Å²) in [5, 5.41) is 0. The van der Waals surface area contributed by atoms with Gasteiger partial charge in [0.15, 0.2) is 17.4 Å². The fourth-order valence-corrected chi connectivity index (χ4v) is 1.73. The fourth-order valence-electron chi connectivity index (χ4n) is 1.73. The van der Waals surface area contributed by atoms with E-state index < -0.39 is 34.9 Å². The summed E-state index contributed by atoms with van der Waals surface area (Å²) in [6, 6.07) is 6.00. The first-order valence-electron chi connectivity index (χ1n) is 5.85.